The summed E-state index contributed by atoms with van der Waals surface area (Å²) in [6, 6.07) is 50.5. The summed E-state index contributed by atoms with van der Waals surface area (Å²) in [5.74, 6) is 2.40. The first-order chi connectivity index (χ1) is 24.3. The second-order valence-electron chi connectivity index (χ2n) is 11.6. The summed E-state index contributed by atoms with van der Waals surface area (Å²) < 4.78 is 6.26. The SMILES string of the molecule is c1ccc(-c2ccc(-c3nc(-c4ccc(-c5nc(-c6ccccc6)nc(-c6ccccc6)n5)cc4)nc4c3oc3ncccc34)cc2)cc1. The smallest absolute Gasteiger partial charge is 0.229 e. The van der Waals surface area contributed by atoms with E-state index in [1.54, 1.807) is 6.20 Å². The number of furan rings is 1. The van der Waals surface area contributed by atoms with Gasteiger partial charge in [-0.3, -0.25) is 0 Å². The molecule has 0 bridgehead atoms. The Kier molecular flexibility index (Phi) is 6.98. The van der Waals surface area contributed by atoms with Crippen LogP contribution in [0.1, 0.15) is 0 Å². The number of nitrogens with zero attached hydrogens (tertiary/aromatic N) is 6. The zero-order valence-electron chi connectivity index (χ0n) is 26.1. The van der Waals surface area contributed by atoms with Crippen molar-refractivity contribution in [1.82, 2.24) is 29.9 Å². The minimum atomic E-state index is 0.528. The molecule has 0 aliphatic rings. The molecule has 0 amide bonds. The van der Waals surface area contributed by atoms with Crippen LogP contribution in [-0.4, -0.2) is 29.9 Å². The van der Waals surface area contributed by atoms with E-state index < -0.39 is 0 Å². The van der Waals surface area contributed by atoms with Crippen molar-refractivity contribution in [2.24, 2.45) is 0 Å². The second-order valence-corrected chi connectivity index (χ2v) is 11.6. The van der Waals surface area contributed by atoms with Crippen molar-refractivity contribution in [3.05, 3.63) is 158 Å². The first kappa shape index (κ1) is 28.4. The Morgan fingerprint density at radius 1 is 0.347 bits per heavy atom. The van der Waals surface area contributed by atoms with Gasteiger partial charge in [0.2, 0.25) is 5.71 Å². The van der Waals surface area contributed by atoms with Crippen LogP contribution in [0.3, 0.4) is 0 Å². The Labute approximate surface area is 281 Å². The molecule has 49 heavy (non-hydrogen) atoms. The number of aromatic nitrogens is 6. The number of fused-ring (bicyclic) bond motifs is 3. The average molecular weight is 631 g/mol. The van der Waals surface area contributed by atoms with E-state index in [0.29, 0.717) is 40.3 Å². The fourth-order valence-electron chi connectivity index (χ4n) is 5.96. The van der Waals surface area contributed by atoms with E-state index in [4.69, 9.17) is 29.3 Å². The molecule has 0 aliphatic carbocycles. The van der Waals surface area contributed by atoms with Crippen LogP contribution in [0.25, 0.3) is 90.1 Å². The van der Waals surface area contributed by atoms with Gasteiger partial charge in [0, 0.05) is 34.0 Å². The highest BCUT2D eigenvalue weighted by Crippen LogP contribution is 2.36. The lowest BCUT2D eigenvalue weighted by atomic mass is 10.0. The molecule has 4 aromatic heterocycles. The lowest BCUT2D eigenvalue weighted by Gasteiger charge is -2.10. The van der Waals surface area contributed by atoms with Crippen LogP contribution in [0.15, 0.2) is 162 Å². The van der Waals surface area contributed by atoms with Gasteiger partial charge >= 0.3 is 0 Å². The van der Waals surface area contributed by atoms with Crippen molar-refractivity contribution in [1.29, 1.82) is 0 Å². The molecule has 0 atom stereocenters. The minimum absolute atomic E-state index is 0.528. The largest absolute Gasteiger partial charge is 0.434 e. The molecule has 4 heterocycles. The Bertz CT molecular complexity index is 2510. The van der Waals surface area contributed by atoms with Gasteiger partial charge in [-0.05, 0) is 23.3 Å². The van der Waals surface area contributed by atoms with Crippen LogP contribution >= 0.6 is 0 Å². The molecule has 0 aliphatic heterocycles. The van der Waals surface area contributed by atoms with E-state index >= 15 is 0 Å². The molecule has 0 saturated heterocycles. The average Bonchev–Trinajstić information content (AvgIpc) is 3.57. The van der Waals surface area contributed by atoms with Crippen molar-refractivity contribution in [3.8, 4) is 67.9 Å². The van der Waals surface area contributed by atoms with E-state index in [1.807, 2.05) is 115 Å². The third-order valence-electron chi connectivity index (χ3n) is 8.46. The van der Waals surface area contributed by atoms with E-state index in [1.165, 1.54) is 0 Å². The molecule has 0 unspecified atom stereocenters. The van der Waals surface area contributed by atoms with Gasteiger partial charge in [0.25, 0.3) is 0 Å². The summed E-state index contributed by atoms with van der Waals surface area (Å²) in [5.41, 5.74) is 9.32. The molecular weight excluding hydrogens is 605 g/mol. The van der Waals surface area contributed by atoms with Gasteiger partial charge in [0.1, 0.15) is 11.2 Å². The number of benzene rings is 5. The summed E-state index contributed by atoms with van der Waals surface area (Å²) in [5, 5.41) is 0.840. The molecule has 0 fully saturated rings. The monoisotopic (exact) mass is 630 g/mol. The third-order valence-corrected chi connectivity index (χ3v) is 8.46. The summed E-state index contributed by atoms with van der Waals surface area (Å²) >= 11 is 0. The molecule has 0 radical (unpaired) electrons. The quantitative estimate of drug-likeness (QED) is 0.181. The first-order valence-electron chi connectivity index (χ1n) is 16.0. The molecule has 5 aromatic carbocycles. The maximum atomic E-state index is 6.26. The van der Waals surface area contributed by atoms with Crippen molar-refractivity contribution < 1.29 is 4.42 Å². The lowest BCUT2D eigenvalue weighted by Crippen LogP contribution is -2.00. The number of hydrogen-bond donors (Lipinski definition) is 0. The summed E-state index contributed by atoms with van der Waals surface area (Å²) in [4.78, 5) is 29.1. The molecular formula is C42H26N6O. The van der Waals surface area contributed by atoms with Gasteiger partial charge < -0.3 is 4.42 Å². The van der Waals surface area contributed by atoms with E-state index in [0.717, 1.165) is 49.8 Å². The van der Waals surface area contributed by atoms with Gasteiger partial charge in [-0.2, -0.15) is 0 Å². The molecule has 230 valence electrons. The molecule has 7 nitrogen and oxygen atoms in total. The second kappa shape index (κ2) is 12.1. The van der Waals surface area contributed by atoms with Crippen molar-refractivity contribution in [2.45, 2.75) is 0 Å². The van der Waals surface area contributed by atoms with Crippen LogP contribution in [0.2, 0.25) is 0 Å². The number of hydrogen-bond acceptors (Lipinski definition) is 7. The zero-order chi connectivity index (χ0) is 32.6. The first-order valence-corrected chi connectivity index (χ1v) is 16.0. The molecule has 0 N–H and O–H groups in total. The van der Waals surface area contributed by atoms with Gasteiger partial charge in [-0.15, -0.1) is 0 Å². The van der Waals surface area contributed by atoms with E-state index in [9.17, 15) is 0 Å². The van der Waals surface area contributed by atoms with Crippen LogP contribution in [0.4, 0.5) is 0 Å². The van der Waals surface area contributed by atoms with Gasteiger partial charge in [0.15, 0.2) is 28.9 Å². The van der Waals surface area contributed by atoms with Crippen molar-refractivity contribution >= 4 is 22.2 Å². The number of rotatable bonds is 6. The van der Waals surface area contributed by atoms with Gasteiger partial charge in [0.05, 0.1) is 5.39 Å². The normalized spacial score (nSPS) is 11.3. The zero-order valence-corrected chi connectivity index (χ0v) is 26.1. The summed E-state index contributed by atoms with van der Waals surface area (Å²) in [6.07, 6.45) is 1.72. The van der Waals surface area contributed by atoms with Crippen LogP contribution < -0.4 is 0 Å². The highest BCUT2D eigenvalue weighted by molar-refractivity contribution is 6.06. The fourth-order valence-corrected chi connectivity index (χ4v) is 5.96. The van der Waals surface area contributed by atoms with Crippen molar-refractivity contribution in [3.63, 3.8) is 0 Å². The topological polar surface area (TPSA) is 90.5 Å². The molecule has 9 rings (SSSR count). The van der Waals surface area contributed by atoms with Gasteiger partial charge in [-0.25, -0.2) is 29.9 Å². The minimum Gasteiger partial charge on any atom is -0.434 e. The van der Waals surface area contributed by atoms with Crippen LogP contribution in [0.5, 0.6) is 0 Å². The highest BCUT2D eigenvalue weighted by Gasteiger charge is 2.19. The maximum absolute atomic E-state index is 6.26. The molecule has 0 spiro atoms. The molecule has 0 saturated carbocycles. The number of pyridine rings is 1. The van der Waals surface area contributed by atoms with Gasteiger partial charge in [-0.1, -0.05) is 140 Å². The summed E-state index contributed by atoms with van der Waals surface area (Å²) in [6.45, 7) is 0. The van der Waals surface area contributed by atoms with Crippen LogP contribution in [0, 0.1) is 0 Å². The fraction of sp³-hybridized carbons (Fsp3) is 0. The molecule has 7 heteroatoms. The van der Waals surface area contributed by atoms with Crippen LogP contribution in [-0.2, 0) is 0 Å². The van der Waals surface area contributed by atoms with Crippen molar-refractivity contribution in [2.75, 3.05) is 0 Å². The Morgan fingerprint density at radius 2 is 0.776 bits per heavy atom. The highest BCUT2D eigenvalue weighted by atomic mass is 16.3. The third kappa shape index (κ3) is 5.39. The lowest BCUT2D eigenvalue weighted by molar-refractivity contribution is 0.652. The predicted octanol–water partition coefficient (Wildman–Crippen LogP) is 9.96. The Morgan fingerprint density at radius 3 is 1.33 bits per heavy atom. The molecule has 9 aromatic rings. The standard InChI is InChI=1S/C42H26N6O/c1-4-11-27(12-5-1)28-18-20-29(21-19-28)35-37-36(34-17-10-26-43-42(34)49-37)45-38(44-35)32-22-24-33(25-23-32)41-47-39(30-13-6-2-7-14-30)46-40(48-41)31-15-8-3-9-16-31/h1-26H. The Hall–Kier alpha value is -6.86. The van der Waals surface area contributed by atoms with E-state index in [2.05, 4.69) is 41.4 Å². The maximum Gasteiger partial charge on any atom is 0.229 e. The Balaban J connectivity index is 1.14. The van der Waals surface area contributed by atoms with E-state index in [-0.39, 0.29) is 0 Å². The predicted molar refractivity (Wildman–Crippen MR) is 193 cm³/mol. The summed E-state index contributed by atoms with van der Waals surface area (Å²) in [7, 11) is 0.